The molecule has 0 unspecified atom stereocenters. The summed E-state index contributed by atoms with van der Waals surface area (Å²) in [6, 6.07) is 6.69. The lowest BCUT2D eigenvalue weighted by Gasteiger charge is -2.19. The second-order valence-electron chi connectivity index (χ2n) is 6.14. The molecule has 2 aromatic rings. The van der Waals surface area contributed by atoms with Crippen molar-refractivity contribution >= 4 is 21.2 Å². The van der Waals surface area contributed by atoms with Gasteiger partial charge in [-0.25, -0.2) is 8.42 Å². The summed E-state index contributed by atoms with van der Waals surface area (Å²) in [7, 11) is -3.63. The minimum Gasteiger partial charge on any atom is -0.398 e. The Hall–Kier alpha value is -2.01. The van der Waals surface area contributed by atoms with Gasteiger partial charge in [0.2, 0.25) is 9.84 Å². The van der Waals surface area contributed by atoms with E-state index >= 15 is 0 Å². The third kappa shape index (κ3) is 3.25. The Morgan fingerprint density at radius 2 is 0.960 bits per heavy atom. The fourth-order valence-electron chi connectivity index (χ4n) is 3.61. The number of anilines is 2. The lowest BCUT2D eigenvalue weighted by molar-refractivity contribution is 0.593. The van der Waals surface area contributed by atoms with Crippen molar-refractivity contribution < 1.29 is 8.42 Å². The largest absolute Gasteiger partial charge is 0.398 e. The summed E-state index contributed by atoms with van der Waals surface area (Å²) >= 11 is 0. The molecule has 2 rings (SSSR count). The van der Waals surface area contributed by atoms with Crippen LogP contribution in [0.4, 0.5) is 11.4 Å². The second kappa shape index (κ2) is 7.48. The predicted octanol–water partition coefficient (Wildman–Crippen LogP) is 3.93. The van der Waals surface area contributed by atoms with Crippen molar-refractivity contribution in [3.63, 3.8) is 0 Å². The van der Waals surface area contributed by atoms with Crippen molar-refractivity contribution in [3.8, 4) is 0 Å². The van der Waals surface area contributed by atoms with Gasteiger partial charge in [0, 0.05) is 11.4 Å². The molecule has 0 atom stereocenters. The molecule has 0 aliphatic carbocycles. The van der Waals surface area contributed by atoms with Crippen LogP contribution in [0.3, 0.4) is 0 Å². The Kier molecular flexibility index (Phi) is 5.78. The minimum absolute atomic E-state index is 0.363. The number of hydrogen-bond acceptors (Lipinski definition) is 4. The maximum Gasteiger partial charge on any atom is 0.207 e. The summed E-state index contributed by atoms with van der Waals surface area (Å²) in [5, 5.41) is 0. The Balaban J connectivity index is 2.82. The summed E-state index contributed by atoms with van der Waals surface area (Å²) in [5.74, 6) is 0. The number of rotatable bonds is 6. The van der Waals surface area contributed by atoms with E-state index in [-0.39, 0.29) is 0 Å². The summed E-state index contributed by atoms with van der Waals surface area (Å²) in [4.78, 5) is 0.727. The summed E-state index contributed by atoms with van der Waals surface area (Å²) in [6.45, 7) is 7.93. The van der Waals surface area contributed by atoms with Crippen LogP contribution in [0.1, 0.15) is 49.9 Å². The van der Waals surface area contributed by atoms with Gasteiger partial charge in [-0.2, -0.15) is 0 Å². The van der Waals surface area contributed by atoms with Crippen LogP contribution in [0.15, 0.2) is 34.1 Å². The number of hydrogen-bond donors (Lipinski definition) is 2. The zero-order valence-corrected chi connectivity index (χ0v) is 16.3. The molecule has 136 valence electrons. The molecule has 25 heavy (non-hydrogen) atoms. The Morgan fingerprint density at radius 1 is 0.640 bits per heavy atom. The van der Waals surface area contributed by atoms with E-state index in [2.05, 4.69) is 0 Å². The van der Waals surface area contributed by atoms with E-state index in [4.69, 9.17) is 11.5 Å². The van der Waals surface area contributed by atoms with Gasteiger partial charge in [-0.3, -0.25) is 0 Å². The van der Waals surface area contributed by atoms with Crippen molar-refractivity contribution in [2.45, 2.75) is 63.2 Å². The van der Waals surface area contributed by atoms with E-state index in [1.54, 1.807) is 24.3 Å². The number of nitrogens with two attached hydrogens (primary N) is 2. The Labute approximate surface area is 151 Å². The smallest absolute Gasteiger partial charge is 0.207 e. The molecule has 4 nitrogen and oxygen atoms in total. The monoisotopic (exact) mass is 360 g/mol. The van der Waals surface area contributed by atoms with Gasteiger partial charge in [-0.1, -0.05) is 27.7 Å². The maximum atomic E-state index is 13.5. The van der Waals surface area contributed by atoms with Crippen molar-refractivity contribution in [1.82, 2.24) is 0 Å². The van der Waals surface area contributed by atoms with Crippen molar-refractivity contribution in [3.05, 3.63) is 46.5 Å². The van der Waals surface area contributed by atoms with Crippen molar-refractivity contribution in [1.29, 1.82) is 0 Å². The van der Waals surface area contributed by atoms with E-state index in [1.165, 1.54) is 0 Å². The van der Waals surface area contributed by atoms with Crippen LogP contribution < -0.4 is 11.5 Å². The quantitative estimate of drug-likeness (QED) is 0.764. The fraction of sp³-hybridized carbons (Fsp3) is 0.400. The van der Waals surface area contributed by atoms with Gasteiger partial charge >= 0.3 is 0 Å². The number of sulfone groups is 1. The van der Waals surface area contributed by atoms with Crippen LogP contribution in [0.2, 0.25) is 0 Å². The molecule has 0 amide bonds. The predicted molar refractivity (Wildman–Crippen MR) is 105 cm³/mol. The molecule has 0 fully saturated rings. The van der Waals surface area contributed by atoms with Crippen molar-refractivity contribution in [2.75, 3.05) is 11.5 Å². The topological polar surface area (TPSA) is 86.2 Å². The molecule has 5 heteroatoms. The number of benzene rings is 2. The Bertz CT molecular complexity index is 820. The Morgan fingerprint density at radius 3 is 1.24 bits per heavy atom. The van der Waals surface area contributed by atoms with E-state index in [0.29, 0.717) is 46.8 Å². The molecule has 0 spiro atoms. The third-order valence-corrected chi connectivity index (χ3v) is 6.77. The minimum atomic E-state index is -3.63. The van der Waals surface area contributed by atoms with E-state index in [9.17, 15) is 8.42 Å². The maximum absolute atomic E-state index is 13.5. The highest BCUT2D eigenvalue weighted by atomic mass is 32.2. The second-order valence-corrected chi connectivity index (χ2v) is 8.02. The van der Waals surface area contributed by atoms with Crippen molar-refractivity contribution in [2.24, 2.45) is 0 Å². The summed E-state index contributed by atoms with van der Waals surface area (Å²) in [5.41, 5.74) is 16.9. The molecular weight excluding hydrogens is 332 g/mol. The molecule has 0 heterocycles. The van der Waals surface area contributed by atoms with Gasteiger partial charge in [-0.05, 0) is 72.2 Å². The highest BCUT2D eigenvalue weighted by Gasteiger charge is 2.26. The van der Waals surface area contributed by atoms with Crippen LogP contribution in [0.25, 0.3) is 0 Å². The van der Waals surface area contributed by atoms with Crippen LogP contribution in [0, 0.1) is 0 Å². The lowest BCUT2D eigenvalue weighted by atomic mass is 10.0. The average Bonchev–Trinajstić information content (AvgIpc) is 2.60. The molecule has 0 aliphatic heterocycles. The third-order valence-electron chi connectivity index (χ3n) is 4.84. The molecular formula is C20H28N2O2S. The number of nitrogen functional groups attached to an aromatic ring is 2. The highest BCUT2D eigenvalue weighted by molar-refractivity contribution is 7.91. The fourth-order valence-corrected chi connectivity index (χ4v) is 5.53. The average molecular weight is 361 g/mol. The molecule has 0 bridgehead atoms. The lowest BCUT2D eigenvalue weighted by Crippen LogP contribution is -2.13. The molecule has 0 aromatic heterocycles. The van der Waals surface area contributed by atoms with Crippen LogP contribution in [-0.4, -0.2) is 8.42 Å². The first-order valence-corrected chi connectivity index (χ1v) is 10.4. The summed E-state index contributed by atoms with van der Waals surface area (Å²) < 4.78 is 26.9. The van der Waals surface area contributed by atoms with Crippen LogP contribution in [-0.2, 0) is 35.5 Å². The molecule has 2 aromatic carbocycles. The van der Waals surface area contributed by atoms with Gasteiger partial charge < -0.3 is 11.5 Å². The van der Waals surface area contributed by atoms with Gasteiger partial charge in [0.15, 0.2) is 0 Å². The first-order chi connectivity index (χ1) is 11.8. The first kappa shape index (κ1) is 19.3. The molecule has 0 saturated heterocycles. The molecule has 0 radical (unpaired) electrons. The molecule has 0 aliphatic rings. The van der Waals surface area contributed by atoms with Crippen LogP contribution in [0.5, 0.6) is 0 Å². The SMILES string of the molecule is CCc1c(N)ccc(S(=O)(=O)c2ccc(N)c(CC)c2CC)c1CC. The zero-order valence-electron chi connectivity index (χ0n) is 15.5. The van der Waals surface area contributed by atoms with Gasteiger partial charge in [0.1, 0.15) is 0 Å². The van der Waals surface area contributed by atoms with E-state index < -0.39 is 9.84 Å². The highest BCUT2D eigenvalue weighted by Crippen LogP contribution is 2.34. The standard InChI is InChI=1S/C20H28N2O2S/c1-5-13-15(7-3)19(11-9-17(13)21)25(23,24)20-12-10-18(22)14(6-2)16(20)8-4/h9-12H,5-8,21-22H2,1-4H3. The molecule has 0 saturated carbocycles. The van der Waals surface area contributed by atoms with Gasteiger partial charge in [0.05, 0.1) is 9.79 Å². The van der Waals surface area contributed by atoms with Gasteiger partial charge in [0.25, 0.3) is 0 Å². The molecule has 4 N–H and O–H groups in total. The van der Waals surface area contributed by atoms with Crippen LogP contribution >= 0.6 is 0 Å². The van der Waals surface area contributed by atoms with Gasteiger partial charge in [-0.15, -0.1) is 0 Å². The first-order valence-electron chi connectivity index (χ1n) is 8.88. The summed E-state index contributed by atoms with van der Waals surface area (Å²) in [6.07, 6.45) is 2.67. The normalized spacial score (nSPS) is 11.7. The van der Waals surface area contributed by atoms with E-state index in [0.717, 1.165) is 22.3 Å². The zero-order chi connectivity index (χ0) is 18.8. The van der Waals surface area contributed by atoms with E-state index in [1.807, 2.05) is 27.7 Å².